The van der Waals surface area contributed by atoms with Gasteiger partial charge in [-0.05, 0) is 30.5 Å². The van der Waals surface area contributed by atoms with Gasteiger partial charge in [0.1, 0.15) is 0 Å². The molecule has 1 aromatic rings. The minimum absolute atomic E-state index is 0.539. The number of guanidine groups is 1. The lowest BCUT2D eigenvalue weighted by Gasteiger charge is -2.17. The van der Waals surface area contributed by atoms with Gasteiger partial charge in [-0.15, -0.1) is 0 Å². The average molecular weight is 290 g/mol. The van der Waals surface area contributed by atoms with Gasteiger partial charge < -0.3 is 16.0 Å². The molecule has 4 nitrogen and oxygen atoms in total. The van der Waals surface area contributed by atoms with E-state index >= 15 is 0 Å². The largest absolute Gasteiger partial charge is 0.377 e. The number of aliphatic imine (C=N–C) groups is 1. The first-order chi connectivity index (χ1) is 10.0. The van der Waals surface area contributed by atoms with Crippen molar-refractivity contribution in [2.24, 2.45) is 10.7 Å². The summed E-state index contributed by atoms with van der Waals surface area (Å²) in [6.45, 7) is 5.84. The van der Waals surface area contributed by atoms with Crippen molar-refractivity contribution in [1.82, 2.24) is 5.32 Å². The van der Waals surface area contributed by atoms with Gasteiger partial charge in [0.2, 0.25) is 0 Å². The molecule has 0 aromatic heterocycles. The van der Waals surface area contributed by atoms with Crippen LogP contribution in [0.15, 0.2) is 23.2 Å². The second-order valence-corrected chi connectivity index (χ2v) is 5.72. The number of nitrogens with two attached hydrogens (primary N) is 1. The second kappa shape index (κ2) is 9.27. The first kappa shape index (κ1) is 17.3. The third-order valence-electron chi connectivity index (χ3n) is 3.48. The summed E-state index contributed by atoms with van der Waals surface area (Å²) in [7, 11) is 4.11. The molecule has 118 valence electrons. The van der Waals surface area contributed by atoms with Crippen molar-refractivity contribution >= 4 is 11.6 Å². The molecule has 0 spiro atoms. The Kier molecular flexibility index (Phi) is 7.65. The zero-order valence-corrected chi connectivity index (χ0v) is 13.9. The highest BCUT2D eigenvalue weighted by Gasteiger charge is 2.04. The van der Waals surface area contributed by atoms with Crippen molar-refractivity contribution in [2.45, 2.75) is 46.1 Å². The highest BCUT2D eigenvalue weighted by atomic mass is 15.1. The Morgan fingerprint density at radius 1 is 1.24 bits per heavy atom. The van der Waals surface area contributed by atoms with Crippen LogP contribution in [0.5, 0.6) is 0 Å². The Morgan fingerprint density at radius 3 is 2.67 bits per heavy atom. The molecular formula is C17H30N4. The maximum absolute atomic E-state index is 5.92. The molecule has 21 heavy (non-hydrogen) atoms. The summed E-state index contributed by atoms with van der Waals surface area (Å²) in [4.78, 5) is 6.56. The third-order valence-corrected chi connectivity index (χ3v) is 3.48. The van der Waals surface area contributed by atoms with E-state index in [1.165, 1.54) is 36.1 Å². The van der Waals surface area contributed by atoms with Gasteiger partial charge in [0.05, 0.1) is 6.54 Å². The van der Waals surface area contributed by atoms with E-state index in [2.05, 4.69) is 61.4 Å². The van der Waals surface area contributed by atoms with Crippen LogP contribution in [0.25, 0.3) is 0 Å². The number of anilines is 1. The van der Waals surface area contributed by atoms with Gasteiger partial charge in [-0.2, -0.15) is 0 Å². The molecule has 3 N–H and O–H groups in total. The Balaban J connectivity index is 2.51. The van der Waals surface area contributed by atoms with Gasteiger partial charge >= 0.3 is 0 Å². The van der Waals surface area contributed by atoms with E-state index in [1.54, 1.807) is 0 Å². The van der Waals surface area contributed by atoms with Crippen LogP contribution in [0.1, 0.15) is 43.7 Å². The van der Waals surface area contributed by atoms with Crippen LogP contribution in [-0.4, -0.2) is 26.6 Å². The Hall–Kier alpha value is -1.71. The number of aryl methyl sites for hydroxylation is 1. The number of benzene rings is 1. The monoisotopic (exact) mass is 290 g/mol. The van der Waals surface area contributed by atoms with Crippen molar-refractivity contribution in [3.05, 3.63) is 29.3 Å². The quantitative estimate of drug-likeness (QED) is 0.439. The van der Waals surface area contributed by atoms with Crippen molar-refractivity contribution < 1.29 is 0 Å². The van der Waals surface area contributed by atoms with Gasteiger partial charge in [-0.25, -0.2) is 4.99 Å². The molecule has 0 amide bonds. The molecule has 0 atom stereocenters. The molecule has 1 rings (SSSR count). The Morgan fingerprint density at radius 2 is 2.00 bits per heavy atom. The van der Waals surface area contributed by atoms with E-state index in [4.69, 9.17) is 5.73 Å². The molecule has 0 aliphatic heterocycles. The van der Waals surface area contributed by atoms with E-state index in [0.29, 0.717) is 12.5 Å². The molecule has 1 aromatic carbocycles. The maximum Gasteiger partial charge on any atom is 0.188 e. The smallest absolute Gasteiger partial charge is 0.188 e. The molecule has 0 saturated carbocycles. The van der Waals surface area contributed by atoms with E-state index in [0.717, 1.165) is 13.0 Å². The average Bonchev–Trinajstić information content (AvgIpc) is 2.45. The molecule has 0 aliphatic rings. The molecule has 0 bridgehead atoms. The van der Waals surface area contributed by atoms with Crippen LogP contribution >= 0.6 is 0 Å². The van der Waals surface area contributed by atoms with E-state index < -0.39 is 0 Å². The number of hydrogen-bond donors (Lipinski definition) is 2. The SMILES string of the molecule is CCCCCCNC(N)=NCc1ccc(C)cc1N(C)C. The summed E-state index contributed by atoms with van der Waals surface area (Å²) in [5, 5.41) is 3.19. The fourth-order valence-corrected chi connectivity index (χ4v) is 2.22. The molecule has 4 heteroatoms. The minimum atomic E-state index is 0.539. The zero-order valence-electron chi connectivity index (χ0n) is 13.9. The maximum atomic E-state index is 5.92. The number of hydrogen-bond acceptors (Lipinski definition) is 2. The van der Waals surface area contributed by atoms with Gasteiger partial charge in [-0.1, -0.05) is 38.3 Å². The van der Waals surface area contributed by atoms with Crippen LogP contribution < -0.4 is 16.0 Å². The number of nitrogens with one attached hydrogen (secondary N) is 1. The predicted molar refractivity (Wildman–Crippen MR) is 93.0 cm³/mol. The molecular weight excluding hydrogens is 260 g/mol. The first-order valence-electron chi connectivity index (χ1n) is 7.85. The molecule has 0 aliphatic carbocycles. The fraction of sp³-hybridized carbons (Fsp3) is 0.588. The van der Waals surface area contributed by atoms with Crippen LogP contribution in [0.2, 0.25) is 0 Å². The summed E-state index contributed by atoms with van der Waals surface area (Å²) < 4.78 is 0. The van der Waals surface area contributed by atoms with E-state index in [9.17, 15) is 0 Å². The lowest BCUT2D eigenvalue weighted by molar-refractivity contribution is 0.652. The Labute approximate surface area is 129 Å². The summed E-state index contributed by atoms with van der Waals surface area (Å²) in [6.07, 6.45) is 4.94. The highest BCUT2D eigenvalue weighted by Crippen LogP contribution is 2.20. The normalized spacial score (nSPS) is 11.5. The summed E-state index contributed by atoms with van der Waals surface area (Å²) >= 11 is 0. The van der Waals surface area contributed by atoms with Gasteiger partial charge in [0.25, 0.3) is 0 Å². The standard InChI is InChI=1S/C17H30N4/c1-5-6-7-8-11-19-17(18)20-13-15-10-9-14(2)12-16(15)21(3)4/h9-10,12H,5-8,11,13H2,1-4H3,(H3,18,19,20). The minimum Gasteiger partial charge on any atom is -0.377 e. The zero-order chi connectivity index (χ0) is 15.7. The van der Waals surface area contributed by atoms with Crippen molar-refractivity contribution in [2.75, 3.05) is 25.5 Å². The van der Waals surface area contributed by atoms with Gasteiger partial charge in [0, 0.05) is 26.3 Å². The molecule has 0 saturated heterocycles. The van der Waals surface area contributed by atoms with Crippen LogP contribution in [0, 0.1) is 6.92 Å². The van der Waals surface area contributed by atoms with E-state index in [1.807, 2.05) is 0 Å². The topological polar surface area (TPSA) is 53.6 Å². The highest BCUT2D eigenvalue weighted by molar-refractivity contribution is 5.77. The predicted octanol–water partition coefficient (Wildman–Crippen LogP) is 3.05. The first-order valence-corrected chi connectivity index (χ1v) is 7.85. The molecule has 0 fully saturated rings. The lowest BCUT2D eigenvalue weighted by atomic mass is 10.1. The summed E-state index contributed by atoms with van der Waals surface area (Å²) in [5.74, 6) is 0.539. The number of rotatable bonds is 8. The molecule has 0 radical (unpaired) electrons. The number of unbranched alkanes of at least 4 members (excludes halogenated alkanes) is 3. The van der Waals surface area contributed by atoms with Gasteiger partial charge in [0.15, 0.2) is 5.96 Å². The fourth-order valence-electron chi connectivity index (χ4n) is 2.22. The summed E-state index contributed by atoms with van der Waals surface area (Å²) in [6, 6.07) is 6.42. The third kappa shape index (κ3) is 6.52. The van der Waals surface area contributed by atoms with Crippen LogP contribution in [0.4, 0.5) is 5.69 Å². The van der Waals surface area contributed by atoms with Gasteiger partial charge in [-0.3, -0.25) is 0 Å². The lowest BCUT2D eigenvalue weighted by Crippen LogP contribution is -2.32. The molecule has 0 unspecified atom stereocenters. The second-order valence-electron chi connectivity index (χ2n) is 5.72. The molecule has 0 heterocycles. The van der Waals surface area contributed by atoms with Crippen LogP contribution in [-0.2, 0) is 6.54 Å². The van der Waals surface area contributed by atoms with Crippen molar-refractivity contribution in [3.63, 3.8) is 0 Å². The van der Waals surface area contributed by atoms with Crippen molar-refractivity contribution in [3.8, 4) is 0 Å². The summed E-state index contributed by atoms with van der Waals surface area (Å²) in [5.41, 5.74) is 9.57. The number of nitrogens with zero attached hydrogens (tertiary/aromatic N) is 2. The Bertz CT molecular complexity index is 452. The van der Waals surface area contributed by atoms with Crippen LogP contribution in [0.3, 0.4) is 0 Å². The van der Waals surface area contributed by atoms with E-state index in [-0.39, 0.29) is 0 Å². The van der Waals surface area contributed by atoms with Crippen molar-refractivity contribution in [1.29, 1.82) is 0 Å².